The lowest BCUT2D eigenvalue weighted by atomic mass is 10.1. The summed E-state index contributed by atoms with van der Waals surface area (Å²) in [6, 6.07) is 3.41. The molecule has 0 radical (unpaired) electrons. The van der Waals surface area contributed by atoms with Gasteiger partial charge in [0, 0.05) is 10.6 Å². The summed E-state index contributed by atoms with van der Waals surface area (Å²) in [5.41, 5.74) is 7.23. The number of hydrogen-bond donors (Lipinski definition) is 2. The van der Waals surface area contributed by atoms with E-state index in [4.69, 9.17) is 33.7 Å². The number of aromatic nitrogens is 2. The molecule has 96 valence electrons. The number of nitrogens with zero attached hydrogens (tertiary/aromatic N) is 1. The number of hydrogen-bond acceptors (Lipinski definition) is 3. The van der Waals surface area contributed by atoms with Gasteiger partial charge in [-0.2, -0.15) is 5.10 Å². The smallest absolute Gasteiger partial charge is 0.159 e. The Labute approximate surface area is 128 Å². The lowest BCUT2D eigenvalue weighted by Crippen LogP contribution is -1.96. The van der Waals surface area contributed by atoms with Gasteiger partial charge < -0.3 is 10.5 Å². The molecule has 0 aliphatic rings. The van der Waals surface area contributed by atoms with Crippen LogP contribution in [0.15, 0.2) is 12.1 Å². The summed E-state index contributed by atoms with van der Waals surface area (Å²) in [4.78, 5) is 0. The van der Waals surface area contributed by atoms with Crippen molar-refractivity contribution >= 4 is 51.6 Å². The van der Waals surface area contributed by atoms with Crippen LogP contribution in [0.2, 0.25) is 10.0 Å². The predicted octanol–water partition coefficient (Wildman–Crippen LogP) is 3.97. The minimum absolute atomic E-state index is 0.434. The molecular formula is C11H10Cl2IN3O. The maximum absolute atomic E-state index is 6.15. The molecule has 18 heavy (non-hydrogen) atoms. The number of halogens is 3. The van der Waals surface area contributed by atoms with Crippen molar-refractivity contribution in [3.8, 4) is 17.0 Å². The Bertz CT molecular complexity index is 586. The average molecular weight is 398 g/mol. The van der Waals surface area contributed by atoms with E-state index in [0.29, 0.717) is 28.2 Å². The molecule has 1 aromatic carbocycles. The van der Waals surface area contributed by atoms with Crippen LogP contribution in [0.5, 0.6) is 5.75 Å². The van der Waals surface area contributed by atoms with E-state index in [1.54, 1.807) is 12.1 Å². The topological polar surface area (TPSA) is 63.9 Å². The number of H-pyrrole nitrogens is 1. The Kier molecular flexibility index (Phi) is 4.24. The Morgan fingerprint density at radius 1 is 1.44 bits per heavy atom. The summed E-state index contributed by atoms with van der Waals surface area (Å²) in [7, 11) is 0. The van der Waals surface area contributed by atoms with Crippen molar-refractivity contribution in [2.45, 2.75) is 6.92 Å². The van der Waals surface area contributed by atoms with Crippen LogP contribution in [0.1, 0.15) is 6.92 Å². The van der Waals surface area contributed by atoms with E-state index in [2.05, 4.69) is 32.8 Å². The van der Waals surface area contributed by atoms with Gasteiger partial charge >= 0.3 is 0 Å². The van der Waals surface area contributed by atoms with Crippen molar-refractivity contribution in [2.75, 3.05) is 12.3 Å². The van der Waals surface area contributed by atoms with Crippen molar-refractivity contribution in [1.82, 2.24) is 10.2 Å². The Hall–Kier alpha value is -0.660. The van der Waals surface area contributed by atoms with Crippen molar-refractivity contribution in [1.29, 1.82) is 0 Å². The second kappa shape index (κ2) is 5.54. The molecule has 1 heterocycles. The zero-order valence-corrected chi connectivity index (χ0v) is 13.1. The maximum Gasteiger partial charge on any atom is 0.159 e. The molecule has 0 bridgehead atoms. The summed E-state index contributed by atoms with van der Waals surface area (Å²) in [5, 5.41) is 7.81. The molecule has 3 N–H and O–H groups in total. The molecule has 0 amide bonds. The average Bonchev–Trinajstić information content (AvgIpc) is 2.63. The summed E-state index contributed by atoms with van der Waals surface area (Å²) >= 11 is 14.3. The number of nitrogens with one attached hydrogen (secondary N) is 1. The normalized spacial score (nSPS) is 10.7. The quantitative estimate of drug-likeness (QED) is 0.770. The first-order chi connectivity index (χ1) is 8.54. The van der Waals surface area contributed by atoms with Gasteiger partial charge in [-0.25, -0.2) is 0 Å². The van der Waals surface area contributed by atoms with E-state index >= 15 is 0 Å². The van der Waals surface area contributed by atoms with Crippen LogP contribution in [0.4, 0.5) is 5.82 Å². The third-order valence-corrected chi connectivity index (χ3v) is 3.89. The van der Waals surface area contributed by atoms with Crippen molar-refractivity contribution in [2.24, 2.45) is 0 Å². The fraction of sp³-hybridized carbons (Fsp3) is 0.182. The molecule has 4 nitrogen and oxygen atoms in total. The Morgan fingerprint density at radius 3 is 2.72 bits per heavy atom. The van der Waals surface area contributed by atoms with Crippen molar-refractivity contribution in [3.63, 3.8) is 0 Å². The molecule has 0 spiro atoms. The van der Waals surface area contributed by atoms with E-state index in [1.807, 2.05) is 6.92 Å². The minimum Gasteiger partial charge on any atom is -0.492 e. The van der Waals surface area contributed by atoms with Crippen LogP contribution in [0.25, 0.3) is 11.3 Å². The van der Waals surface area contributed by atoms with Gasteiger partial charge in [0.1, 0.15) is 5.75 Å². The van der Waals surface area contributed by atoms with E-state index in [1.165, 1.54) is 0 Å². The highest BCUT2D eigenvalue weighted by molar-refractivity contribution is 14.1. The Morgan fingerprint density at radius 2 is 2.17 bits per heavy atom. The molecule has 0 atom stereocenters. The first-order valence-corrected chi connectivity index (χ1v) is 6.99. The van der Waals surface area contributed by atoms with E-state index in [0.717, 1.165) is 14.8 Å². The van der Waals surface area contributed by atoms with Crippen LogP contribution >= 0.6 is 45.8 Å². The van der Waals surface area contributed by atoms with Crippen molar-refractivity contribution in [3.05, 3.63) is 25.7 Å². The van der Waals surface area contributed by atoms with Crippen LogP contribution in [-0.2, 0) is 0 Å². The van der Waals surface area contributed by atoms with Gasteiger partial charge in [-0.05, 0) is 41.6 Å². The predicted molar refractivity (Wildman–Crippen MR) is 82.3 cm³/mol. The SMILES string of the molecule is CCOc1c(Cl)cc(Cl)cc1-c1[nH]nc(N)c1I. The third kappa shape index (κ3) is 2.53. The zero-order valence-electron chi connectivity index (χ0n) is 9.43. The van der Waals surface area contributed by atoms with Crippen molar-refractivity contribution < 1.29 is 4.74 Å². The lowest BCUT2D eigenvalue weighted by molar-refractivity contribution is 0.341. The molecule has 2 aromatic rings. The van der Waals surface area contributed by atoms with E-state index in [-0.39, 0.29) is 0 Å². The molecule has 0 aliphatic heterocycles. The second-order valence-electron chi connectivity index (χ2n) is 3.50. The third-order valence-electron chi connectivity index (χ3n) is 2.30. The minimum atomic E-state index is 0.434. The number of benzene rings is 1. The highest BCUT2D eigenvalue weighted by atomic mass is 127. The number of rotatable bonds is 3. The summed E-state index contributed by atoms with van der Waals surface area (Å²) in [6.07, 6.45) is 0. The molecule has 0 unspecified atom stereocenters. The van der Waals surface area contributed by atoms with Gasteiger partial charge in [-0.3, -0.25) is 5.10 Å². The number of nitrogens with two attached hydrogens (primary N) is 1. The highest BCUT2D eigenvalue weighted by Gasteiger charge is 2.17. The van der Waals surface area contributed by atoms with Gasteiger partial charge in [0.2, 0.25) is 0 Å². The fourth-order valence-corrected chi connectivity index (χ4v) is 2.64. The largest absolute Gasteiger partial charge is 0.492 e. The van der Waals surface area contributed by atoms with Crippen LogP contribution in [0, 0.1) is 3.57 Å². The molecule has 1 aromatic heterocycles. The molecular weight excluding hydrogens is 388 g/mol. The van der Waals surface area contributed by atoms with Crippen LogP contribution < -0.4 is 10.5 Å². The van der Waals surface area contributed by atoms with Crippen LogP contribution in [0.3, 0.4) is 0 Å². The lowest BCUT2D eigenvalue weighted by Gasteiger charge is -2.11. The molecule has 0 saturated carbocycles. The fourth-order valence-electron chi connectivity index (χ4n) is 1.56. The summed E-state index contributed by atoms with van der Waals surface area (Å²) < 4.78 is 6.37. The number of anilines is 1. The second-order valence-corrected chi connectivity index (χ2v) is 5.42. The summed E-state index contributed by atoms with van der Waals surface area (Å²) in [5.74, 6) is 1.01. The monoisotopic (exact) mass is 397 g/mol. The maximum atomic E-state index is 6.15. The highest BCUT2D eigenvalue weighted by Crippen LogP contribution is 2.40. The van der Waals surface area contributed by atoms with Crippen LogP contribution in [-0.4, -0.2) is 16.8 Å². The van der Waals surface area contributed by atoms with Gasteiger partial charge in [0.25, 0.3) is 0 Å². The van der Waals surface area contributed by atoms with Gasteiger partial charge in [0.15, 0.2) is 5.82 Å². The molecule has 2 rings (SSSR count). The van der Waals surface area contributed by atoms with Gasteiger partial charge in [-0.1, -0.05) is 23.2 Å². The molecule has 0 saturated heterocycles. The van der Waals surface area contributed by atoms with E-state index in [9.17, 15) is 0 Å². The van der Waals surface area contributed by atoms with Gasteiger partial charge in [0.05, 0.1) is 20.9 Å². The van der Waals surface area contributed by atoms with E-state index < -0.39 is 0 Å². The number of ether oxygens (including phenoxy) is 1. The first kappa shape index (κ1) is 13.8. The standard InChI is InChI=1S/C11H10Cl2IN3O/c1-2-18-10-6(3-5(12)4-7(10)13)9-8(14)11(15)17-16-9/h3-4H,2H2,1H3,(H3,15,16,17). The summed E-state index contributed by atoms with van der Waals surface area (Å²) in [6.45, 7) is 2.40. The number of nitrogen functional groups attached to an aromatic ring is 1. The molecule has 0 fully saturated rings. The zero-order chi connectivity index (χ0) is 13.3. The Balaban J connectivity index is 2.65. The first-order valence-electron chi connectivity index (χ1n) is 5.16. The molecule has 0 aliphatic carbocycles. The molecule has 7 heteroatoms. The number of aromatic amines is 1. The van der Waals surface area contributed by atoms with Gasteiger partial charge in [-0.15, -0.1) is 0 Å².